The van der Waals surface area contributed by atoms with Gasteiger partial charge < -0.3 is 5.11 Å². The second-order valence-corrected chi connectivity index (χ2v) is 7.47. The van der Waals surface area contributed by atoms with E-state index in [9.17, 15) is 5.11 Å². The van der Waals surface area contributed by atoms with Gasteiger partial charge in [0.05, 0.1) is 21.8 Å². The van der Waals surface area contributed by atoms with Crippen molar-refractivity contribution in [3.05, 3.63) is 22.0 Å². The molecule has 5 heteroatoms. The summed E-state index contributed by atoms with van der Waals surface area (Å²) in [6.45, 7) is 0. The van der Waals surface area contributed by atoms with E-state index in [0.29, 0.717) is 5.92 Å². The molecule has 2 aromatic heterocycles. The van der Waals surface area contributed by atoms with Crippen LogP contribution in [0.25, 0.3) is 4.83 Å². The van der Waals surface area contributed by atoms with Crippen molar-refractivity contribution in [3.8, 4) is 0 Å². The lowest BCUT2D eigenvalue weighted by Crippen LogP contribution is -2.12. The Labute approximate surface area is 119 Å². The second-order valence-electron chi connectivity index (χ2n) is 5.12. The third-order valence-corrected chi connectivity index (χ3v) is 5.65. The van der Waals surface area contributed by atoms with Crippen LogP contribution in [0.5, 0.6) is 0 Å². The van der Waals surface area contributed by atoms with Gasteiger partial charge in [-0.15, -0.1) is 11.3 Å². The minimum Gasteiger partial charge on any atom is -0.387 e. The number of aliphatic hydroxyl groups excluding tert-OH is 1. The Hall–Kier alpha value is -0.390. The Morgan fingerprint density at radius 1 is 1.44 bits per heavy atom. The van der Waals surface area contributed by atoms with Crippen LogP contribution in [0.3, 0.4) is 0 Å². The first-order chi connectivity index (χ1) is 8.75. The van der Waals surface area contributed by atoms with Gasteiger partial charge >= 0.3 is 0 Å². The van der Waals surface area contributed by atoms with Crippen LogP contribution < -0.4 is 0 Å². The van der Waals surface area contributed by atoms with Crippen LogP contribution in [0.4, 0.5) is 0 Å². The summed E-state index contributed by atoms with van der Waals surface area (Å²) in [6, 6.07) is 0. The van der Waals surface area contributed by atoms with Crippen LogP contribution in [-0.4, -0.2) is 14.5 Å². The number of imidazole rings is 1. The van der Waals surface area contributed by atoms with Crippen LogP contribution in [0.2, 0.25) is 0 Å². The lowest BCUT2D eigenvalue weighted by molar-refractivity contribution is 0.126. The summed E-state index contributed by atoms with van der Waals surface area (Å²) in [4.78, 5) is 5.22. The Balaban J connectivity index is 1.80. The van der Waals surface area contributed by atoms with Gasteiger partial charge in [-0.1, -0.05) is 32.1 Å². The summed E-state index contributed by atoms with van der Waals surface area (Å²) in [5, 5.41) is 10.5. The molecule has 1 saturated carbocycles. The van der Waals surface area contributed by atoms with E-state index in [-0.39, 0.29) is 6.10 Å². The predicted octanol–water partition coefficient (Wildman–Crippen LogP) is 4.16. The molecular formula is C13H17BrN2OS. The van der Waals surface area contributed by atoms with Crippen LogP contribution >= 0.6 is 27.3 Å². The summed E-state index contributed by atoms with van der Waals surface area (Å²) < 4.78 is 3.03. The first kappa shape index (κ1) is 12.6. The van der Waals surface area contributed by atoms with Crippen LogP contribution in [0.1, 0.15) is 50.3 Å². The van der Waals surface area contributed by atoms with Crippen LogP contribution in [0, 0.1) is 5.92 Å². The molecule has 1 fully saturated rings. The Morgan fingerprint density at radius 2 is 2.22 bits per heavy atom. The van der Waals surface area contributed by atoms with Crippen molar-refractivity contribution in [2.24, 2.45) is 5.92 Å². The molecule has 0 bridgehead atoms. The van der Waals surface area contributed by atoms with E-state index in [0.717, 1.165) is 20.7 Å². The smallest absolute Gasteiger partial charge is 0.120 e. The van der Waals surface area contributed by atoms with Crippen molar-refractivity contribution < 1.29 is 5.11 Å². The maximum Gasteiger partial charge on any atom is 0.120 e. The predicted molar refractivity (Wildman–Crippen MR) is 76.9 cm³/mol. The lowest BCUT2D eigenvalue weighted by Gasteiger charge is -2.24. The quantitative estimate of drug-likeness (QED) is 0.918. The van der Waals surface area contributed by atoms with Crippen molar-refractivity contribution in [1.82, 2.24) is 9.38 Å². The van der Waals surface area contributed by atoms with Gasteiger partial charge in [-0.05, 0) is 28.3 Å². The Bertz CT molecular complexity index is 530. The number of aromatic nitrogens is 2. The zero-order valence-electron chi connectivity index (χ0n) is 10.2. The summed E-state index contributed by atoms with van der Waals surface area (Å²) in [5.74, 6) is 0.680. The number of fused-ring (bicyclic) bond motifs is 1. The Morgan fingerprint density at radius 3 is 3.00 bits per heavy atom. The molecule has 1 N–H and O–H groups in total. The van der Waals surface area contributed by atoms with Gasteiger partial charge in [-0.2, -0.15) is 0 Å². The fourth-order valence-electron chi connectivity index (χ4n) is 2.92. The SMILES string of the molecule is OC(CC1CCCCC1)c1c(Br)sc2cncn12. The van der Waals surface area contributed by atoms with Crippen LogP contribution in [-0.2, 0) is 0 Å². The van der Waals surface area contributed by atoms with E-state index in [2.05, 4.69) is 20.9 Å². The van der Waals surface area contributed by atoms with Gasteiger partial charge in [-0.25, -0.2) is 4.98 Å². The van der Waals surface area contributed by atoms with Gasteiger partial charge in [-0.3, -0.25) is 4.40 Å². The largest absolute Gasteiger partial charge is 0.387 e. The van der Waals surface area contributed by atoms with E-state index in [1.165, 1.54) is 32.1 Å². The average Bonchev–Trinajstić information content (AvgIpc) is 2.89. The number of thiazole rings is 1. The fourth-order valence-corrected chi connectivity index (χ4v) is 4.75. The zero-order chi connectivity index (χ0) is 12.5. The molecule has 1 aliphatic rings. The minimum atomic E-state index is -0.384. The molecular weight excluding hydrogens is 312 g/mol. The maximum atomic E-state index is 10.5. The third-order valence-electron chi connectivity index (χ3n) is 3.86. The molecule has 1 unspecified atom stereocenters. The van der Waals surface area contributed by atoms with Crippen molar-refractivity contribution in [3.63, 3.8) is 0 Å². The molecule has 0 spiro atoms. The third kappa shape index (κ3) is 2.36. The first-order valence-electron chi connectivity index (χ1n) is 6.54. The van der Waals surface area contributed by atoms with Gasteiger partial charge in [0.15, 0.2) is 0 Å². The van der Waals surface area contributed by atoms with Gasteiger partial charge in [0.2, 0.25) is 0 Å². The fraction of sp³-hybridized carbons (Fsp3) is 0.615. The summed E-state index contributed by atoms with van der Waals surface area (Å²) in [5.41, 5.74) is 0.970. The molecule has 0 amide bonds. The second kappa shape index (κ2) is 5.31. The minimum absolute atomic E-state index is 0.384. The molecule has 18 heavy (non-hydrogen) atoms. The van der Waals surface area contributed by atoms with E-state index >= 15 is 0 Å². The highest BCUT2D eigenvalue weighted by atomic mass is 79.9. The highest BCUT2D eigenvalue weighted by molar-refractivity contribution is 9.11. The van der Waals surface area contributed by atoms with Gasteiger partial charge in [0.25, 0.3) is 0 Å². The maximum absolute atomic E-state index is 10.5. The number of hydrogen-bond acceptors (Lipinski definition) is 3. The van der Waals surface area contributed by atoms with Crippen molar-refractivity contribution >= 4 is 32.1 Å². The standard InChI is InChI=1S/C13H17BrN2OS/c14-13-12(16-8-15-7-11(16)18-13)10(17)6-9-4-2-1-3-5-9/h7-10,17H,1-6H2. The molecule has 3 nitrogen and oxygen atoms in total. The number of halogens is 1. The lowest BCUT2D eigenvalue weighted by atomic mass is 9.85. The van der Waals surface area contributed by atoms with E-state index in [1.54, 1.807) is 17.7 Å². The summed E-state index contributed by atoms with van der Waals surface area (Å²) in [6.07, 6.45) is 10.7. The molecule has 98 valence electrons. The molecule has 2 aromatic rings. The Kier molecular flexibility index (Phi) is 3.73. The molecule has 1 atom stereocenters. The molecule has 1 aliphatic carbocycles. The topological polar surface area (TPSA) is 37.5 Å². The van der Waals surface area contributed by atoms with Crippen LogP contribution in [0.15, 0.2) is 16.3 Å². The van der Waals surface area contributed by atoms with Crippen molar-refractivity contribution in [1.29, 1.82) is 0 Å². The number of aliphatic hydroxyl groups is 1. The number of nitrogens with zero attached hydrogens (tertiary/aromatic N) is 2. The molecule has 0 aliphatic heterocycles. The average molecular weight is 329 g/mol. The highest BCUT2D eigenvalue weighted by Crippen LogP contribution is 2.37. The molecule has 2 heterocycles. The van der Waals surface area contributed by atoms with Gasteiger partial charge in [0.1, 0.15) is 11.2 Å². The van der Waals surface area contributed by atoms with Crippen molar-refractivity contribution in [2.45, 2.75) is 44.6 Å². The normalized spacial score (nSPS) is 19.4. The summed E-state index contributed by atoms with van der Waals surface area (Å²) in [7, 11) is 0. The van der Waals surface area contributed by atoms with E-state index < -0.39 is 0 Å². The monoisotopic (exact) mass is 328 g/mol. The van der Waals surface area contributed by atoms with Crippen molar-refractivity contribution in [2.75, 3.05) is 0 Å². The summed E-state index contributed by atoms with van der Waals surface area (Å²) >= 11 is 5.20. The molecule has 3 rings (SSSR count). The molecule has 0 radical (unpaired) electrons. The van der Waals surface area contributed by atoms with E-state index in [1.807, 2.05) is 10.6 Å². The first-order valence-corrected chi connectivity index (χ1v) is 8.15. The number of hydrogen-bond donors (Lipinski definition) is 1. The van der Waals surface area contributed by atoms with E-state index in [4.69, 9.17) is 0 Å². The van der Waals surface area contributed by atoms with Gasteiger partial charge in [0, 0.05) is 0 Å². The highest BCUT2D eigenvalue weighted by Gasteiger charge is 2.23. The molecule has 0 aromatic carbocycles. The zero-order valence-corrected chi connectivity index (χ0v) is 12.6. The number of rotatable bonds is 3. The molecule has 0 saturated heterocycles.